The fourth-order valence-corrected chi connectivity index (χ4v) is 2.91. The Kier molecular flexibility index (Phi) is 6.31. The number of carbonyl (C=O) groups excluding carboxylic acids is 1. The molecule has 0 radical (unpaired) electrons. The fraction of sp³-hybridized carbons (Fsp3) is 0.812. The number of hydrogen-bond acceptors (Lipinski definition) is 6. The maximum Gasteiger partial charge on any atom is 0.248 e. The minimum Gasteiger partial charge on any atom is -0.369 e. The molecule has 0 aromatic carbocycles. The van der Waals surface area contributed by atoms with Gasteiger partial charge in [-0.2, -0.15) is 5.10 Å². The average Bonchev–Trinajstić information content (AvgIpc) is 2.92. The van der Waals surface area contributed by atoms with Crippen molar-refractivity contribution in [2.45, 2.75) is 45.6 Å². The summed E-state index contributed by atoms with van der Waals surface area (Å²) >= 11 is 0. The maximum atomic E-state index is 11.6. The van der Waals surface area contributed by atoms with E-state index in [9.17, 15) is 4.79 Å². The summed E-state index contributed by atoms with van der Waals surface area (Å²) in [6, 6.07) is 0. The van der Waals surface area contributed by atoms with Crippen LogP contribution >= 0.6 is 0 Å². The topological polar surface area (TPSA) is 72.7 Å². The van der Waals surface area contributed by atoms with Gasteiger partial charge in [0, 0.05) is 33.7 Å². The molecule has 0 saturated carbocycles. The standard InChI is InChI=1S/C16H29N5O3/c1-6-21-14(17-12-18-21)8-20-7-13(24-16(2,3)11-20)9-23-10-15(22)19(4)5/h12-13H,6-11H2,1-5H3. The molecule has 24 heavy (non-hydrogen) atoms. The molecule has 1 saturated heterocycles. The molecular weight excluding hydrogens is 310 g/mol. The third-order valence-electron chi connectivity index (χ3n) is 3.94. The molecule has 1 aromatic rings. The van der Waals surface area contributed by atoms with Crippen LogP contribution in [0, 0.1) is 0 Å². The Bertz CT molecular complexity index is 544. The smallest absolute Gasteiger partial charge is 0.248 e. The summed E-state index contributed by atoms with van der Waals surface area (Å²) in [6.07, 6.45) is 1.53. The van der Waals surface area contributed by atoms with Crippen LogP contribution in [0.2, 0.25) is 0 Å². The van der Waals surface area contributed by atoms with E-state index in [1.165, 1.54) is 4.90 Å². The third kappa shape index (κ3) is 5.25. The number of morpholine rings is 1. The number of ether oxygens (including phenoxy) is 2. The fourth-order valence-electron chi connectivity index (χ4n) is 2.91. The lowest BCUT2D eigenvalue weighted by Gasteiger charge is -2.42. The molecule has 0 spiro atoms. The zero-order valence-corrected chi connectivity index (χ0v) is 15.4. The highest BCUT2D eigenvalue weighted by Gasteiger charge is 2.34. The van der Waals surface area contributed by atoms with Crippen molar-refractivity contribution in [2.24, 2.45) is 0 Å². The first kappa shape index (κ1) is 18.8. The Morgan fingerprint density at radius 1 is 1.50 bits per heavy atom. The van der Waals surface area contributed by atoms with Crippen LogP contribution < -0.4 is 0 Å². The summed E-state index contributed by atoms with van der Waals surface area (Å²) < 4.78 is 13.5. The number of hydrogen-bond donors (Lipinski definition) is 0. The highest BCUT2D eigenvalue weighted by molar-refractivity contribution is 5.76. The lowest BCUT2D eigenvalue weighted by molar-refractivity contribution is -0.161. The molecule has 1 unspecified atom stereocenters. The van der Waals surface area contributed by atoms with Gasteiger partial charge in [-0.15, -0.1) is 0 Å². The summed E-state index contributed by atoms with van der Waals surface area (Å²) in [5.74, 6) is 0.913. The van der Waals surface area contributed by atoms with Crippen molar-refractivity contribution in [3.8, 4) is 0 Å². The van der Waals surface area contributed by atoms with Crippen LogP contribution in [0.4, 0.5) is 0 Å². The van der Waals surface area contributed by atoms with E-state index in [0.717, 1.165) is 32.0 Å². The van der Waals surface area contributed by atoms with Crippen LogP contribution in [-0.2, 0) is 27.4 Å². The predicted molar refractivity (Wildman–Crippen MR) is 89.4 cm³/mol. The van der Waals surface area contributed by atoms with Crippen molar-refractivity contribution < 1.29 is 14.3 Å². The molecule has 0 aliphatic carbocycles. The Morgan fingerprint density at radius 2 is 2.25 bits per heavy atom. The number of aryl methyl sites for hydroxylation is 1. The molecule has 2 rings (SSSR count). The molecule has 8 heteroatoms. The van der Waals surface area contributed by atoms with Crippen LogP contribution in [0.5, 0.6) is 0 Å². The first-order chi connectivity index (χ1) is 11.3. The van der Waals surface area contributed by atoms with Crippen molar-refractivity contribution >= 4 is 5.91 Å². The van der Waals surface area contributed by atoms with Gasteiger partial charge in [-0.25, -0.2) is 9.67 Å². The van der Waals surface area contributed by atoms with Gasteiger partial charge in [0.15, 0.2) is 0 Å². The number of aromatic nitrogens is 3. The van der Waals surface area contributed by atoms with E-state index in [4.69, 9.17) is 9.47 Å². The number of nitrogens with zero attached hydrogens (tertiary/aromatic N) is 5. The van der Waals surface area contributed by atoms with E-state index in [1.807, 2.05) is 4.68 Å². The number of carbonyl (C=O) groups is 1. The van der Waals surface area contributed by atoms with Crippen molar-refractivity contribution in [3.63, 3.8) is 0 Å². The number of rotatable bonds is 7. The van der Waals surface area contributed by atoms with Crippen LogP contribution in [-0.4, -0.2) is 82.6 Å². The van der Waals surface area contributed by atoms with Crippen LogP contribution in [0.3, 0.4) is 0 Å². The Balaban J connectivity index is 1.90. The van der Waals surface area contributed by atoms with Crippen LogP contribution in [0.25, 0.3) is 0 Å². The monoisotopic (exact) mass is 339 g/mol. The molecular formula is C16H29N5O3. The number of amides is 1. The molecule has 1 aliphatic rings. The molecule has 1 amide bonds. The summed E-state index contributed by atoms with van der Waals surface area (Å²) in [7, 11) is 3.44. The molecule has 1 fully saturated rings. The second-order valence-corrected chi connectivity index (χ2v) is 6.96. The van der Waals surface area contributed by atoms with Crippen LogP contribution in [0.1, 0.15) is 26.6 Å². The van der Waals surface area contributed by atoms with Crippen molar-refractivity contribution in [1.29, 1.82) is 0 Å². The summed E-state index contributed by atoms with van der Waals surface area (Å²) in [5, 5.41) is 4.22. The van der Waals surface area contributed by atoms with Gasteiger partial charge in [-0.05, 0) is 20.8 Å². The van der Waals surface area contributed by atoms with E-state index in [0.29, 0.717) is 6.61 Å². The second-order valence-electron chi connectivity index (χ2n) is 6.96. The third-order valence-corrected chi connectivity index (χ3v) is 3.94. The van der Waals surface area contributed by atoms with E-state index in [1.54, 1.807) is 20.4 Å². The minimum absolute atomic E-state index is 0.0435. The summed E-state index contributed by atoms with van der Waals surface area (Å²) in [4.78, 5) is 19.8. The maximum absolute atomic E-state index is 11.6. The minimum atomic E-state index is -0.269. The van der Waals surface area contributed by atoms with Gasteiger partial charge in [0.2, 0.25) is 5.91 Å². The molecule has 0 bridgehead atoms. The normalized spacial score (nSPS) is 21.0. The summed E-state index contributed by atoms with van der Waals surface area (Å²) in [6.45, 7) is 9.78. The van der Waals surface area contributed by atoms with E-state index in [-0.39, 0.29) is 24.2 Å². The van der Waals surface area contributed by atoms with Crippen molar-refractivity contribution in [1.82, 2.24) is 24.6 Å². The zero-order valence-electron chi connectivity index (χ0n) is 15.4. The summed E-state index contributed by atoms with van der Waals surface area (Å²) in [5.41, 5.74) is -0.269. The molecule has 1 atom stereocenters. The molecule has 1 aromatic heterocycles. The Hall–Kier alpha value is -1.51. The van der Waals surface area contributed by atoms with Gasteiger partial charge in [-0.3, -0.25) is 9.69 Å². The molecule has 1 aliphatic heterocycles. The van der Waals surface area contributed by atoms with Gasteiger partial charge < -0.3 is 14.4 Å². The SMILES string of the molecule is CCn1ncnc1CN1CC(COCC(=O)N(C)C)OC(C)(C)C1. The van der Waals surface area contributed by atoms with Gasteiger partial charge in [-0.1, -0.05) is 0 Å². The van der Waals surface area contributed by atoms with Gasteiger partial charge >= 0.3 is 0 Å². The lowest BCUT2D eigenvalue weighted by Crippen LogP contribution is -2.53. The molecule has 136 valence electrons. The second kappa shape index (κ2) is 8.04. The van der Waals surface area contributed by atoms with Gasteiger partial charge in [0.05, 0.1) is 24.9 Å². The Labute approximate surface area is 143 Å². The molecule has 0 N–H and O–H groups in total. The van der Waals surface area contributed by atoms with Crippen molar-refractivity contribution in [3.05, 3.63) is 12.2 Å². The highest BCUT2D eigenvalue weighted by Crippen LogP contribution is 2.22. The van der Waals surface area contributed by atoms with Gasteiger partial charge in [0.25, 0.3) is 0 Å². The Morgan fingerprint density at radius 3 is 2.92 bits per heavy atom. The number of likely N-dealkylation sites (N-methyl/N-ethyl adjacent to an activating group) is 1. The van der Waals surface area contributed by atoms with E-state index in [2.05, 4.69) is 35.8 Å². The average molecular weight is 339 g/mol. The first-order valence-corrected chi connectivity index (χ1v) is 8.35. The van der Waals surface area contributed by atoms with E-state index < -0.39 is 0 Å². The van der Waals surface area contributed by atoms with Gasteiger partial charge in [0.1, 0.15) is 18.8 Å². The van der Waals surface area contributed by atoms with Crippen molar-refractivity contribution in [2.75, 3.05) is 40.4 Å². The van der Waals surface area contributed by atoms with Crippen LogP contribution in [0.15, 0.2) is 6.33 Å². The first-order valence-electron chi connectivity index (χ1n) is 8.35. The largest absolute Gasteiger partial charge is 0.369 e. The predicted octanol–water partition coefficient (Wildman–Crippen LogP) is 0.382. The lowest BCUT2D eigenvalue weighted by atomic mass is 10.1. The molecule has 8 nitrogen and oxygen atoms in total. The van der Waals surface area contributed by atoms with E-state index >= 15 is 0 Å². The zero-order chi connectivity index (χ0) is 17.7. The molecule has 2 heterocycles. The quantitative estimate of drug-likeness (QED) is 0.715. The highest BCUT2D eigenvalue weighted by atomic mass is 16.5.